The lowest BCUT2D eigenvalue weighted by atomic mass is 10.2. The molecule has 1 aromatic carbocycles. The Morgan fingerprint density at radius 1 is 1.36 bits per heavy atom. The predicted molar refractivity (Wildman–Crippen MR) is 95.5 cm³/mol. The van der Waals surface area contributed by atoms with Crippen LogP contribution in [0.1, 0.15) is 21.7 Å². The van der Waals surface area contributed by atoms with E-state index in [-0.39, 0.29) is 0 Å². The summed E-state index contributed by atoms with van der Waals surface area (Å²) < 4.78 is 46.2. The van der Waals surface area contributed by atoms with Gasteiger partial charge in [-0.2, -0.15) is 23.4 Å². The number of anilines is 1. The second kappa shape index (κ2) is 7.55. The SMILES string of the molecule is COc1cccc(Cn2cc(NC(=O)c3nn(C)c(C(F)(F)F)c3Cl)cn2)c1. The number of carbonyl (C=O) groups is 1. The third-order valence-electron chi connectivity index (χ3n) is 3.84. The molecule has 11 heteroatoms. The Bertz CT molecular complexity index is 1010. The average Bonchev–Trinajstić information content (AvgIpc) is 3.18. The van der Waals surface area contributed by atoms with Gasteiger partial charge in [0.2, 0.25) is 0 Å². The summed E-state index contributed by atoms with van der Waals surface area (Å²) in [5.74, 6) is -0.166. The summed E-state index contributed by atoms with van der Waals surface area (Å²) in [6.07, 6.45) is -1.81. The maximum Gasteiger partial charge on any atom is 0.434 e. The zero-order valence-corrected chi connectivity index (χ0v) is 15.5. The zero-order valence-electron chi connectivity index (χ0n) is 14.8. The lowest BCUT2D eigenvalue weighted by Crippen LogP contribution is -2.13. The molecule has 7 nitrogen and oxygen atoms in total. The van der Waals surface area contributed by atoms with E-state index < -0.39 is 28.5 Å². The number of benzene rings is 1. The minimum absolute atomic E-state index is 0.295. The molecule has 148 valence electrons. The molecule has 2 heterocycles. The Morgan fingerprint density at radius 3 is 2.75 bits per heavy atom. The Hall–Kier alpha value is -3.01. The lowest BCUT2D eigenvalue weighted by molar-refractivity contribution is -0.143. The molecule has 3 rings (SSSR count). The summed E-state index contributed by atoms with van der Waals surface area (Å²) in [5.41, 5.74) is -0.490. The van der Waals surface area contributed by atoms with Gasteiger partial charge in [0.1, 0.15) is 10.8 Å². The van der Waals surface area contributed by atoms with Crippen molar-refractivity contribution < 1.29 is 22.7 Å². The summed E-state index contributed by atoms with van der Waals surface area (Å²) in [6, 6.07) is 7.37. The van der Waals surface area contributed by atoms with Gasteiger partial charge in [0.25, 0.3) is 5.91 Å². The van der Waals surface area contributed by atoms with Crippen LogP contribution in [0, 0.1) is 0 Å². The topological polar surface area (TPSA) is 74.0 Å². The zero-order chi connectivity index (χ0) is 20.5. The molecule has 0 saturated heterocycles. The molecule has 0 unspecified atom stereocenters. The first kappa shape index (κ1) is 19.7. The molecule has 1 amide bonds. The third kappa shape index (κ3) is 4.11. The smallest absolute Gasteiger partial charge is 0.434 e. The normalized spacial score (nSPS) is 11.5. The Morgan fingerprint density at radius 2 is 2.11 bits per heavy atom. The molecule has 1 N–H and O–H groups in total. The van der Waals surface area contributed by atoms with Gasteiger partial charge in [-0.15, -0.1) is 0 Å². The summed E-state index contributed by atoms with van der Waals surface area (Å²) in [6.45, 7) is 0.412. The van der Waals surface area contributed by atoms with Crippen molar-refractivity contribution in [2.45, 2.75) is 12.7 Å². The van der Waals surface area contributed by atoms with Gasteiger partial charge in [0, 0.05) is 13.2 Å². The van der Waals surface area contributed by atoms with Crippen molar-refractivity contribution in [3.8, 4) is 5.75 Å². The van der Waals surface area contributed by atoms with Crippen molar-refractivity contribution in [1.82, 2.24) is 19.6 Å². The first-order valence-electron chi connectivity index (χ1n) is 7.95. The van der Waals surface area contributed by atoms with Gasteiger partial charge in [0.15, 0.2) is 11.4 Å². The maximum atomic E-state index is 13.0. The number of nitrogens with one attached hydrogen (secondary N) is 1. The monoisotopic (exact) mass is 413 g/mol. The maximum absolute atomic E-state index is 13.0. The van der Waals surface area contributed by atoms with Crippen molar-refractivity contribution >= 4 is 23.2 Å². The number of hydrogen-bond acceptors (Lipinski definition) is 4. The molecule has 0 aliphatic heterocycles. The number of ether oxygens (including phenoxy) is 1. The number of aryl methyl sites for hydroxylation is 1. The van der Waals surface area contributed by atoms with Crippen LogP contribution in [0.3, 0.4) is 0 Å². The molecule has 0 bridgehead atoms. The molecule has 3 aromatic rings. The van der Waals surface area contributed by atoms with Gasteiger partial charge in [-0.25, -0.2) is 0 Å². The number of halogens is 4. The molecule has 0 radical (unpaired) electrons. The number of aromatic nitrogens is 4. The highest BCUT2D eigenvalue weighted by Gasteiger charge is 2.40. The summed E-state index contributed by atoms with van der Waals surface area (Å²) in [5, 5.41) is 9.39. The average molecular weight is 414 g/mol. The van der Waals surface area contributed by atoms with Crippen LogP contribution in [0.4, 0.5) is 18.9 Å². The molecular formula is C17H15ClF3N5O2. The van der Waals surface area contributed by atoms with Crippen molar-refractivity contribution in [2.24, 2.45) is 7.05 Å². The van der Waals surface area contributed by atoms with Crippen LogP contribution in [0.15, 0.2) is 36.7 Å². The van der Waals surface area contributed by atoms with E-state index in [4.69, 9.17) is 16.3 Å². The third-order valence-corrected chi connectivity index (χ3v) is 4.20. The number of alkyl halides is 3. The van der Waals surface area contributed by atoms with Gasteiger partial charge in [-0.3, -0.25) is 14.2 Å². The van der Waals surface area contributed by atoms with Crippen LogP contribution in [0.2, 0.25) is 5.02 Å². The number of rotatable bonds is 5. The predicted octanol–water partition coefficient (Wildman–Crippen LogP) is 3.60. The van der Waals surface area contributed by atoms with Gasteiger partial charge in [0.05, 0.1) is 25.5 Å². The fourth-order valence-electron chi connectivity index (χ4n) is 2.61. The quantitative estimate of drug-likeness (QED) is 0.693. The van der Waals surface area contributed by atoms with Crippen molar-refractivity contribution in [1.29, 1.82) is 0 Å². The van der Waals surface area contributed by atoms with E-state index in [1.165, 1.54) is 6.20 Å². The van der Waals surface area contributed by atoms with Crippen LogP contribution in [-0.4, -0.2) is 32.6 Å². The Kier molecular flexibility index (Phi) is 5.32. The van der Waals surface area contributed by atoms with Crippen molar-refractivity contribution in [3.63, 3.8) is 0 Å². The first-order chi connectivity index (χ1) is 13.2. The van der Waals surface area contributed by atoms with Crippen LogP contribution >= 0.6 is 11.6 Å². The standard InChI is InChI=1S/C17H15ClF3N5O2/c1-25-15(17(19,20)21)13(18)14(24-25)16(27)23-11-7-22-26(9-11)8-10-4-3-5-12(6-10)28-2/h3-7,9H,8H2,1-2H3,(H,23,27). The van der Waals surface area contributed by atoms with Crippen molar-refractivity contribution in [2.75, 3.05) is 12.4 Å². The van der Waals surface area contributed by atoms with Crippen molar-refractivity contribution in [3.05, 3.63) is 58.6 Å². The molecule has 0 atom stereocenters. The number of methoxy groups -OCH3 is 1. The van der Waals surface area contributed by atoms with Crippen LogP contribution < -0.4 is 10.1 Å². The highest BCUT2D eigenvalue weighted by Crippen LogP contribution is 2.36. The second-order valence-corrected chi connectivity index (χ2v) is 6.24. The summed E-state index contributed by atoms with van der Waals surface area (Å²) in [4.78, 5) is 12.3. The largest absolute Gasteiger partial charge is 0.497 e. The Labute approximate surface area is 162 Å². The molecule has 28 heavy (non-hydrogen) atoms. The van der Waals surface area contributed by atoms with Crippen LogP contribution in [-0.2, 0) is 19.8 Å². The van der Waals surface area contributed by atoms with Gasteiger partial charge in [-0.05, 0) is 17.7 Å². The lowest BCUT2D eigenvalue weighted by Gasteiger charge is -2.06. The fourth-order valence-corrected chi connectivity index (χ4v) is 2.97. The second-order valence-electron chi connectivity index (χ2n) is 5.86. The molecule has 0 spiro atoms. The summed E-state index contributed by atoms with van der Waals surface area (Å²) >= 11 is 5.72. The first-order valence-corrected chi connectivity index (χ1v) is 8.33. The number of amides is 1. The van der Waals surface area contributed by atoms with E-state index in [0.717, 1.165) is 12.6 Å². The number of nitrogens with zero attached hydrogens (tertiary/aromatic N) is 4. The van der Waals surface area contributed by atoms with E-state index in [0.29, 0.717) is 22.7 Å². The molecule has 0 aliphatic rings. The van der Waals surface area contributed by atoms with E-state index in [1.54, 1.807) is 18.0 Å². The minimum atomic E-state index is -4.72. The number of hydrogen-bond donors (Lipinski definition) is 1. The Balaban J connectivity index is 1.74. The highest BCUT2D eigenvalue weighted by atomic mass is 35.5. The molecule has 0 fully saturated rings. The van der Waals surface area contributed by atoms with Crippen LogP contribution in [0.5, 0.6) is 5.75 Å². The minimum Gasteiger partial charge on any atom is -0.497 e. The van der Waals surface area contributed by atoms with E-state index in [2.05, 4.69) is 15.5 Å². The molecular weight excluding hydrogens is 399 g/mol. The molecule has 2 aromatic heterocycles. The van der Waals surface area contributed by atoms with E-state index in [9.17, 15) is 18.0 Å². The van der Waals surface area contributed by atoms with E-state index in [1.807, 2.05) is 24.3 Å². The van der Waals surface area contributed by atoms with Crippen LogP contribution in [0.25, 0.3) is 0 Å². The molecule has 0 saturated carbocycles. The van der Waals surface area contributed by atoms with Gasteiger partial charge < -0.3 is 10.1 Å². The molecule has 0 aliphatic carbocycles. The van der Waals surface area contributed by atoms with Gasteiger partial charge >= 0.3 is 6.18 Å². The fraction of sp³-hybridized carbons (Fsp3) is 0.235. The number of carbonyl (C=O) groups excluding carboxylic acids is 1. The summed E-state index contributed by atoms with van der Waals surface area (Å²) in [7, 11) is 2.63. The highest BCUT2D eigenvalue weighted by molar-refractivity contribution is 6.34. The van der Waals surface area contributed by atoms with Gasteiger partial charge in [-0.1, -0.05) is 23.7 Å². The van der Waals surface area contributed by atoms with E-state index >= 15 is 0 Å².